The van der Waals surface area contributed by atoms with E-state index in [-0.39, 0.29) is 17.6 Å². The molecule has 2 aromatic rings. The maximum atomic E-state index is 12.7. The lowest BCUT2D eigenvalue weighted by molar-refractivity contribution is -0.120. The summed E-state index contributed by atoms with van der Waals surface area (Å²) >= 11 is 9.35. The highest BCUT2D eigenvalue weighted by Crippen LogP contribution is 2.25. The fourth-order valence-electron chi connectivity index (χ4n) is 3.24. The van der Waals surface area contributed by atoms with Gasteiger partial charge in [0.2, 0.25) is 15.9 Å². The van der Waals surface area contributed by atoms with Gasteiger partial charge in [-0.15, -0.1) is 0 Å². The van der Waals surface area contributed by atoms with Crippen LogP contribution in [0.5, 0.6) is 0 Å². The number of amides is 1. The highest BCUT2D eigenvalue weighted by Gasteiger charge is 2.31. The van der Waals surface area contributed by atoms with Gasteiger partial charge in [0.25, 0.3) is 0 Å². The van der Waals surface area contributed by atoms with Crippen molar-refractivity contribution < 1.29 is 13.2 Å². The quantitative estimate of drug-likeness (QED) is 0.673. The van der Waals surface area contributed by atoms with Crippen LogP contribution in [0.15, 0.2) is 46.9 Å². The maximum Gasteiger partial charge on any atom is 0.227 e. The molecule has 0 aromatic heterocycles. The molecule has 1 saturated heterocycles. The Kier molecular flexibility index (Phi) is 6.81. The second-order valence-electron chi connectivity index (χ2n) is 7.00. The lowest BCUT2D eigenvalue weighted by Gasteiger charge is -2.30. The van der Waals surface area contributed by atoms with Crippen LogP contribution in [0.1, 0.15) is 24.0 Å². The van der Waals surface area contributed by atoms with Crippen molar-refractivity contribution in [3.05, 3.63) is 63.1 Å². The number of hydrogen-bond donors (Lipinski definition) is 1. The van der Waals surface area contributed by atoms with Crippen LogP contribution >= 0.6 is 27.5 Å². The Labute approximate surface area is 179 Å². The number of rotatable bonds is 5. The number of carbonyl (C=O) groups excluding carboxylic acids is 1. The molecule has 3 rings (SSSR count). The number of piperidine rings is 1. The molecule has 5 nitrogen and oxygen atoms in total. The maximum absolute atomic E-state index is 12.7. The first kappa shape index (κ1) is 21.3. The standard InChI is InChI=1S/C20H22BrClN2O3S/c1-14-2-7-18(22)12-19(14)23-20(25)16-8-10-24(11-9-16)28(26,27)13-15-3-5-17(21)6-4-15/h2-7,12,16H,8-11,13H2,1H3,(H,23,25). The number of sulfonamides is 1. The molecule has 8 heteroatoms. The molecule has 2 aromatic carbocycles. The third-order valence-electron chi connectivity index (χ3n) is 4.94. The van der Waals surface area contributed by atoms with Crippen molar-refractivity contribution in [3.8, 4) is 0 Å². The van der Waals surface area contributed by atoms with E-state index in [1.54, 1.807) is 24.3 Å². The Hall–Kier alpha value is -1.41. The first-order chi connectivity index (χ1) is 13.2. The van der Waals surface area contributed by atoms with Crippen LogP contribution in [0.25, 0.3) is 0 Å². The molecule has 0 atom stereocenters. The number of anilines is 1. The van der Waals surface area contributed by atoms with Crippen molar-refractivity contribution in [2.45, 2.75) is 25.5 Å². The van der Waals surface area contributed by atoms with E-state index < -0.39 is 10.0 Å². The molecule has 0 aliphatic carbocycles. The molecular weight excluding hydrogens is 464 g/mol. The zero-order valence-corrected chi connectivity index (χ0v) is 18.6. The van der Waals surface area contributed by atoms with Gasteiger partial charge in [-0.2, -0.15) is 0 Å². The zero-order chi connectivity index (χ0) is 20.3. The van der Waals surface area contributed by atoms with Gasteiger partial charge in [0, 0.05) is 34.2 Å². The van der Waals surface area contributed by atoms with Crippen LogP contribution in [-0.4, -0.2) is 31.7 Å². The minimum atomic E-state index is -3.40. The van der Waals surface area contributed by atoms with Crippen molar-refractivity contribution in [3.63, 3.8) is 0 Å². The predicted molar refractivity (Wildman–Crippen MR) is 116 cm³/mol. The van der Waals surface area contributed by atoms with Gasteiger partial charge in [-0.3, -0.25) is 4.79 Å². The summed E-state index contributed by atoms with van der Waals surface area (Å²) in [7, 11) is -3.40. The van der Waals surface area contributed by atoms with Crippen LogP contribution in [-0.2, 0) is 20.6 Å². The molecule has 0 radical (unpaired) electrons. The van der Waals surface area contributed by atoms with Crippen molar-refractivity contribution in [1.82, 2.24) is 4.31 Å². The van der Waals surface area contributed by atoms with Crippen LogP contribution < -0.4 is 5.32 Å². The summed E-state index contributed by atoms with van der Waals surface area (Å²) in [4.78, 5) is 12.6. The Balaban J connectivity index is 1.58. The largest absolute Gasteiger partial charge is 0.326 e. The van der Waals surface area contributed by atoms with E-state index in [0.717, 1.165) is 15.6 Å². The number of halogens is 2. The Morgan fingerprint density at radius 1 is 1.18 bits per heavy atom. The highest BCUT2D eigenvalue weighted by molar-refractivity contribution is 9.10. The molecule has 0 bridgehead atoms. The van der Waals surface area contributed by atoms with Gasteiger partial charge in [0.1, 0.15) is 0 Å². The summed E-state index contributed by atoms with van der Waals surface area (Å²) in [5.41, 5.74) is 2.38. The van der Waals surface area contributed by atoms with Gasteiger partial charge in [0.05, 0.1) is 5.75 Å². The van der Waals surface area contributed by atoms with Crippen molar-refractivity contribution in [2.24, 2.45) is 5.92 Å². The SMILES string of the molecule is Cc1ccc(Cl)cc1NC(=O)C1CCN(S(=O)(=O)Cc2ccc(Br)cc2)CC1. The molecule has 28 heavy (non-hydrogen) atoms. The molecule has 1 heterocycles. The molecule has 1 aliphatic rings. The predicted octanol–water partition coefficient (Wildman–Crippen LogP) is 4.59. The van der Waals surface area contributed by atoms with Crippen LogP contribution in [0.4, 0.5) is 5.69 Å². The third kappa shape index (κ3) is 5.35. The van der Waals surface area contributed by atoms with E-state index in [0.29, 0.717) is 36.6 Å². The average Bonchev–Trinajstić information content (AvgIpc) is 2.66. The van der Waals surface area contributed by atoms with Crippen molar-refractivity contribution in [1.29, 1.82) is 0 Å². The molecule has 1 N–H and O–H groups in total. The number of hydrogen-bond acceptors (Lipinski definition) is 3. The zero-order valence-electron chi connectivity index (χ0n) is 15.5. The molecule has 0 spiro atoms. The van der Waals surface area contributed by atoms with E-state index in [9.17, 15) is 13.2 Å². The van der Waals surface area contributed by atoms with Gasteiger partial charge < -0.3 is 5.32 Å². The van der Waals surface area contributed by atoms with E-state index >= 15 is 0 Å². The van der Waals surface area contributed by atoms with Crippen molar-refractivity contribution >= 4 is 49.1 Å². The van der Waals surface area contributed by atoms with E-state index in [1.807, 2.05) is 25.1 Å². The molecular formula is C20H22BrClN2O3S. The average molecular weight is 486 g/mol. The van der Waals surface area contributed by atoms with Gasteiger partial charge >= 0.3 is 0 Å². The second kappa shape index (κ2) is 8.95. The molecule has 150 valence electrons. The Bertz CT molecular complexity index is 956. The summed E-state index contributed by atoms with van der Waals surface area (Å²) in [5.74, 6) is -0.327. The fourth-order valence-corrected chi connectivity index (χ4v) is 5.24. The molecule has 1 fully saturated rings. The lowest BCUT2D eigenvalue weighted by Crippen LogP contribution is -2.41. The number of benzene rings is 2. The lowest BCUT2D eigenvalue weighted by atomic mass is 9.97. The summed E-state index contributed by atoms with van der Waals surface area (Å²) in [6.07, 6.45) is 1.01. The van der Waals surface area contributed by atoms with Gasteiger partial charge in [-0.05, 0) is 55.2 Å². The smallest absolute Gasteiger partial charge is 0.227 e. The fraction of sp³-hybridized carbons (Fsp3) is 0.350. The number of nitrogens with one attached hydrogen (secondary N) is 1. The number of nitrogens with zero attached hydrogens (tertiary/aromatic N) is 1. The normalized spacial score (nSPS) is 16.1. The first-order valence-corrected chi connectivity index (χ1v) is 11.8. The van der Waals surface area contributed by atoms with Gasteiger partial charge in [-0.25, -0.2) is 12.7 Å². The summed E-state index contributed by atoms with van der Waals surface area (Å²) < 4.78 is 27.8. The van der Waals surface area contributed by atoms with E-state index in [4.69, 9.17) is 11.6 Å². The topological polar surface area (TPSA) is 66.5 Å². The number of aryl methyl sites for hydroxylation is 1. The van der Waals surface area contributed by atoms with Crippen molar-refractivity contribution in [2.75, 3.05) is 18.4 Å². The summed E-state index contributed by atoms with van der Waals surface area (Å²) in [5, 5.41) is 3.49. The highest BCUT2D eigenvalue weighted by atomic mass is 79.9. The second-order valence-corrected chi connectivity index (χ2v) is 10.3. The minimum absolute atomic E-state index is 0.0289. The Morgan fingerprint density at radius 2 is 1.82 bits per heavy atom. The van der Waals surface area contributed by atoms with Crippen LogP contribution in [0.2, 0.25) is 5.02 Å². The Morgan fingerprint density at radius 3 is 2.46 bits per heavy atom. The third-order valence-corrected chi connectivity index (χ3v) is 7.55. The molecule has 1 amide bonds. The van der Waals surface area contributed by atoms with Crippen LogP contribution in [0.3, 0.4) is 0 Å². The monoisotopic (exact) mass is 484 g/mol. The molecule has 1 aliphatic heterocycles. The summed E-state index contributed by atoms with van der Waals surface area (Å²) in [6.45, 7) is 2.61. The summed E-state index contributed by atoms with van der Waals surface area (Å²) in [6, 6.07) is 12.6. The van der Waals surface area contributed by atoms with E-state index in [1.165, 1.54) is 4.31 Å². The first-order valence-electron chi connectivity index (χ1n) is 9.04. The van der Waals surface area contributed by atoms with Gasteiger partial charge in [-0.1, -0.05) is 45.7 Å². The molecule has 0 saturated carbocycles. The number of carbonyl (C=O) groups is 1. The van der Waals surface area contributed by atoms with Gasteiger partial charge in [0.15, 0.2) is 0 Å². The van der Waals surface area contributed by atoms with E-state index in [2.05, 4.69) is 21.2 Å². The van der Waals surface area contributed by atoms with Crippen LogP contribution in [0, 0.1) is 12.8 Å². The molecule has 0 unspecified atom stereocenters. The minimum Gasteiger partial charge on any atom is -0.326 e.